The quantitative estimate of drug-likeness (QED) is 0.372. The first-order chi connectivity index (χ1) is 19.2. The highest BCUT2D eigenvalue weighted by atomic mass is 16.5. The van der Waals surface area contributed by atoms with E-state index in [-0.39, 0.29) is 30.6 Å². The fourth-order valence-electron chi connectivity index (χ4n) is 5.21. The first-order valence-corrected chi connectivity index (χ1v) is 13.7. The molecule has 0 bridgehead atoms. The first-order valence-electron chi connectivity index (χ1n) is 13.7. The monoisotopic (exact) mass is 544 g/mol. The molecule has 2 aromatic rings. The highest BCUT2D eigenvalue weighted by molar-refractivity contribution is 6.04. The third-order valence-electron chi connectivity index (χ3n) is 7.37. The summed E-state index contributed by atoms with van der Waals surface area (Å²) in [4.78, 5) is 50.6. The third-order valence-corrected chi connectivity index (χ3v) is 7.37. The van der Waals surface area contributed by atoms with Crippen LogP contribution in [0.3, 0.4) is 0 Å². The van der Waals surface area contributed by atoms with Gasteiger partial charge in [-0.05, 0) is 55.0 Å². The van der Waals surface area contributed by atoms with Gasteiger partial charge in [0.1, 0.15) is 6.04 Å². The van der Waals surface area contributed by atoms with Crippen LogP contribution in [0.15, 0.2) is 42.5 Å². The number of nitrogens with two attached hydrogens (primary N) is 2. The van der Waals surface area contributed by atoms with Crippen molar-refractivity contribution in [2.75, 3.05) is 4.90 Å². The van der Waals surface area contributed by atoms with E-state index in [9.17, 15) is 19.2 Å². The SMILES string of the molecule is C[C@@H](OCc1ccc(C#CCCC(N)=O)cc1)[C@H](CCC(N)=O)NC(=O)[C@@H]1Cc2cccc3c2N1C(=O)CCC3. The highest BCUT2D eigenvalue weighted by Crippen LogP contribution is 2.39. The summed E-state index contributed by atoms with van der Waals surface area (Å²) in [7, 11) is 0. The van der Waals surface area contributed by atoms with Crippen LogP contribution in [0.2, 0.25) is 0 Å². The summed E-state index contributed by atoms with van der Waals surface area (Å²) in [5, 5.41) is 3.06. The minimum Gasteiger partial charge on any atom is -0.372 e. The number of amides is 4. The third kappa shape index (κ3) is 7.27. The zero-order chi connectivity index (χ0) is 28.6. The summed E-state index contributed by atoms with van der Waals surface area (Å²) >= 11 is 0. The number of carbonyl (C=O) groups is 4. The Labute approximate surface area is 234 Å². The molecule has 2 aliphatic heterocycles. The zero-order valence-corrected chi connectivity index (χ0v) is 22.8. The molecular formula is C31H36N4O5. The Hall–Kier alpha value is -4.16. The van der Waals surface area contributed by atoms with Crippen LogP contribution in [0.25, 0.3) is 0 Å². The predicted octanol–water partition coefficient (Wildman–Crippen LogP) is 2.25. The highest BCUT2D eigenvalue weighted by Gasteiger charge is 2.41. The Morgan fingerprint density at radius 2 is 1.77 bits per heavy atom. The van der Waals surface area contributed by atoms with Crippen LogP contribution in [0.4, 0.5) is 5.69 Å². The van der Waals surface area contributed by atoms with Gasteiger partial charge in [0, 0.05) is 37.7 Å². The van der Waals surface area contributed by atoms with Crippen molar-refractivity contribution in [2.45, 2.75) is 83.1 Å². The zero-order valence-electron chi connectivity index (χ0n) is 22.8. The van der Waals surface area contributed by atoms with Crippen molar-refractivity contribution < 1.29 is 23.9 Å². The largest absolute Gasteiger partial charge is 0.372 e. The molecule has 40 heavy (non-hydrogen) atoms. The molecule has 2 aromatic carbocycles. The van der Waals surface area contributed by atoms with Gasteiger partial charge in [-0.2, -0.15) is 0 Å². The number of primary amides is 2. The standard InChI is InChI=1S/C31H36N4O5/c1-20(40-19-22-14-12-21(13-15-22)6-2-3-10-27(32)36)25(16-17-28(33)37)34-31(39)26-18-24-9-4-7-23-8-5-11-29(38)35(26)30(23)24/h4,7,9,12-15,20,25-26H,3,5,8,10-11,16-19H2,1H3,(H2,32,36)(H2,33,37)(H,34,39)/t20-,25+,26+/m1/s1. The molecule has 2 aliphatic rings. The van der Waals surface area contributed by atoms with Crippen LogP contribution in [-0.4, -0.2) is 41.8 Å². The summed E-state index contributed by atoms with van der Waals surface area (Å²) in [5.41, 5.74) is 15.3. The molecule has 0 unspecified atom stereocenters. The van der Waals surface area contributed by atoms with Crippen molar-refractivity contribution >= 4 is 29.3 Å². The minimum absolute atomic E-state index is 0.0390. The molecule has 0 aromatic heterocycles. The van der Waals surface area contributed by atoms with Crippen molar-refractivity contribution in [1.29, 1.82) is 0 Å². The minimum atomic E-state index is -0.637. The summed E-state index contributed by atoms with van der Waals surface area (Å²) in [6.07, 6.45) is 3.07. The lowest BCUT2D eigenvalue weighted by atomic mass is 10.0. The Morgan fingerprint density at radius 3 is 2.50 bits per heavy atom. The Balaban J connectivity index is 1.40. The normalized spacial score (nSPS) is 17.2. The smallest absolute Gasteiger partial charge is 0.243 e. The lowest BCUT2D eigenvalue weighted by molar-refractivity contribution is -0.128. The van der Waals surface area contributed by atoms with Gasteiger partial charge in [-0.15, -0.1) is 0 Å². The van der Waals surface area contributed by atoms with Crippen LogP contribution in [0.5, 0.6) is 0 Å². The van der Waals surface area contributed by atoms with Crippen LogP contribution in [0.1, 0.15) is 67.7 Å². The molecule has 0 fully saturated rings. The number of rotatable bonds is 11. The number of carbonyl (C=O) groups excluding carboxylic acids is 4. The molecule has 9 nitrogen and oxygen atoms in total. The van der Waals surface area contributed by atoms with Crippen LogP contribution >= 0.6 is 0 Å². The van der Waals surface area contributed by atoms with E-state index in [1.807, 2.05) is 49.4 Å². The summed E-state index contributed by atoms with van der Waals surface area (Å²) in [6.45, 7) is 2.14. The van der Waals surface area contributed by atoms with Crippen LogP contribution < -0.4 is 21.7 Å². The molecule has 210 valence electrons. The topological polar surface area (TPSA) is 145 Å². The maximum atomic E-state index is 13.6. The second kappa shape index (κ2) is 13.3. The molecule has 0 radical (unpaired) electrons. The van der Waals surface area contributed by atoms with Crippen molar-refractivity contribution in [3.8, 4) is 11.8 Å². The first kappa shape index (κ1) is 28.8. The van der Waals surface area contributed by atoms with Crippen molar-refractivity contribution in [2.24, 2.45) is 11.5 Å². The van der Waals surface area contributed by atoms with Gasteiger partial charge in [0.15, 0.2) is 0 Å². The lowest BCUT2D eigenvalue weighted by Gasteiger charge is -2.29. The fourth-order valence-corrected chi connectivity index (χ4v) is 5.21. The summed E-state index contributed by atoms with van der Waals surface area (Å²) < 4.78 is 6.10. The molecule has 5 N–H and O–H groups in total. The van der Waals surface area contributed by atoms with Gasteiger partial charge < -0.3 is 21.5 Å². The second-order valence-electron chi connectivity index (χ2n) is 10.4. The summed E-state index contributed by atoms with van der Waals surface area (Å²) in [6, 6.07) is 12.4. The lowest BCUT2D eigenvalue weighted by Crippen LogP contribution is -2.53. The average molecular weight is 545 g/mol. The number of nitrogens with zero attached hydrogens (tertiary/aromatic N) is 1. The van der Waals surface area contributed by atoms with Crippen LogP contribution in [0, 0.1) is 11.8 Å². The Kier molecular flexibility index (Phi) is 9.56. The molecule has 0 aliphatic carbocycles. The van der Waals surface area contributed by atoms with E-state index in [4.69, 9.17) is 16.2 Å². The molecular weight excluding hydrogens is 508 g/mol. The van der Waals surface area contributed by atoms with E-state index in [1.54, 1.807) is 4.90 Å². The summed E-state index contributed by atoms with van der Waals surface area (Å²) in [5.74, 6) is 4.79. The van der Waals surface area contributed by atoms with Gasteiger partial charge in [0.25, 0.3) is 0 Å². The number of aryl methyl sites for hydroxylation is 1. The molecule has 0 saturated heterocycles. The predicted molar refractivity (Wildman–Crippen MR) is 151 cm³/mol. The van der Waals surface area contributed by atoms with E-state index < -0.39 is 24.1 Å². The molecule has 9 heteroatoms. The number of nitrogens with one attached hydrogen (secondary N) is 1. The number of hydrogen-bond donors (Lipinski definition) is 3. The van der Waals surface area contributed by atoms with E-state index in [2.05, 4.69) is 17.2 Å². The van der Waals surface area contributed by atoms with E-state index >= 15 is 0 Å². The molecule has 0 saturated carbocycles. The second-order valence-corrected chi connectivity index (χ2v) is 10.4. The van der Waals surface area contributed by atoms with Gasteiger partial charge in [0.2, 0.25) is 23.6 Å². The fraction of sp³-hybridized carbons (Fsp3) is 0.419. The number of benzene rings is 2. The molecule has 0 spiro atoms. The maximum absolute atomic E-state index is 13.6. The van der Waals surface area contributed by atoms with E-state index in [0.29, 0.717) is 32.3 Å². The average Bonchev–Trinajstić information content (AvgIpc) is 3.24. The Morgan fingerprint density at radius 1 is 1.05 bits per heavy atom. The number of para-hydroxylation sites is 1. The Bertz CT molecular complexity index is 1330. The molecule has 2 heterocycles. The number of ether oxygens (including phenoxy) is 1. The molecule has 4 rings (SSSR count). The van der Waals surface area contributed by atoms with Gasteiger partial charge in [-0.1, -0.05) is 42.2 Å². The maximum Gasteiger partial charge on any atom is 0.243 e. The van der Waals surface area contributed by atoms with E-state index in [0.717, 1.165) is 40.8 Å². The number of anilines is 1. The van der Waals surface area contributed by atoms with Gasteiger partial charge in [-0.3, -0.25) is 24.1 Å². The van der Waals surface area contributed by atoms with E-state index in [1.165, 1.54) is 0 Å². The van der Waals surface area contributed by atoms with Crippen molar-refractivity contribution in [3.63, 3.8) is 0 Å². The van der Waals surface area contributed by atoms with Crippen molar-refractivity contribution in [3.05, 3.63) is 64.7 Å². The van der Waals surface area contributed by atoms with Crippen LogP contribution in [-0.2, 0) is 43.4 Å². The van der Waals surface area contributed by atoms with Gasteiger partial charge in [0.05, 0.1) is 24.4 Å². The number of hydrogen-bond acceptors (Lipinski definition) is 5. The van der Waals surface area contributed by atoms with Gasteiger partial charge >= 0.3 is 0 Å². The molecule has 3 atom stereocenters. The molecule has 4 amide bonds. The van der Waals surface area contributed by atoms with Gasteiger partial charge in [-0.25, -0.2) is 0 Å². The van der Waals surface area contributed by atoms with Crippen molar-refractivity contribution in [1.82, 2.24) is 5.32 Å².